The molecule has 0 N–H and O–H groups in total. The molecule has 1 aliphatic rings. The van der Waals surface area contributed by atoms with E-state index in [0.717, 1.165) is 9.87 Å². The van der Waals surface area contributed by atoms with Crippen LogP contribution in [0.1, 0.15) is 40.2 Å². The molecule has 27 heavy (non-hydrogen) atoms. The second-order valence-electron chi connectivity index (χ2n) is 8.12. The molecule has 1 unspecified atom stereocenters. The maximum Gasteiger partial charge on any atom is 0.424 e. The summed E-state index contributed by atoms with van der Waals surface area (Å²) in [5.41, 5.74) is 1.12. The fourth-order valence-electron chi connectivity index (χ4n) is 3.21. The lowest BCUT2D eigenvalue weighted by Crippen LogP contribution is -2.46. The van der Waals surface area contributed by atoms with Crippen molar-refractivity contribution in [1.82, 2.24) is 4.31 Å². The number of aryl methyl sites for hydroxylation is 1. The van der Waals surface area contributed by atoms with Crippen molar-refractivity contribution < 1.29 is 17.9 Å². The quantitative estimate of drug-likeness (QED) is 0.683. The van der Waals surface area contributed by atoms with Crippen molar-refractivity contribution in [1.29, 1.82) is 0 Å². The molecule has 1 saturated heterocycles. The number of allylic oxidation sites excluding steroid dienone is 2. The van der Waals surface area contributed by atoms with Gasteiger partial charge in [-0.15, -0.1) is 0 Å². The number of sulfonamides is 1. The van der Waals surface area contributed by atoms with Gasteiger partial charge in [-0.05, 0) is 37.5 Å². The summed E-state index contributed by atoms with van der Waals surface area (Å²) in [4.78, 5) is 12.7. The Morgan fingerprint density at radius 2 is 1.81 bits per heavy atom. The van der Waals surface area contributed by atoms with Crippen molar-refractivity contribution in [3.63, 3.8) is 0 Å². The molecule has 1 aromatic rings. The number of benzene rings is 1. The van der Waals surface area contributed by atoms with Crippen LogP contribution in [0.25, 0.3) is 0 Å². The highest BCUT2D eigenvalue weighted by Gasteiger charge is 2.54. The van der Waals surface area contributed by atoms with E-state index in [1.54, 1.807) is 12.1 Å². The number of nitrogens with zero attached hydrogens (tertiary/aromatic N) is 1. The first-order valence-corrected chi connectivity index (χ1v) is 10.5. The van der Waals surface area contributed by atoms with Gasteiger partial charge in [0.2, 0.25) is 0 Å². The van der Waals surface area contributed by atoms with Crippen molar-refractivity contribution in [3.05, 3.63) is 54.1 Å². The van der Waals surface area contributed by atoms with Crippen molar-refractivity contribution in [2.45, 2.75) is 58.6 Å². The summed E-state index contributed by atoms with van der Waals surface area (Å²) >= 11 is 0. The first kappa shape index (κ1) is 21.2. The molecule has 1 aromatic carbocycles. The summed E-state index contributed by atoms with van der Waals surface area (Å²) < 4.78 is 33.0. The van der Waals surface area contributed by atoms with Gasteiger partial charge in [-0.2, -0.15) is 4.31 Å². The maximum absolute atomic E-state index is 13.3. The van der Waals surface area contributed by atoms with E-state index in [1.807, 2.05) is 53.7 Å². The molecular formula is C21H29NO4S. The highest BCUT2D eigenvalue weighted by molar-refractivity contribution is 7.89. The number of hydrogen-bond acceptors (Lipinski definition) is 4. The molecule has 148 valence electrons. The molecule has 0 radical (unpaired) electrons. The zero-order valence-electron chi connectivity index (χ0n) is 16.9. The zero-order chi connectivity index (χ0) is 20.6. The van der Waals surface area contributed by atoms with E-state index in [9.17, 15) is 13.2 Å². The summed E-state index contributed by atoms with van der Waals surface area (Å²) in [5, 5.41) is 0. The maximum atomic E-state index is 13.3. The van der Waals surface area contributed by atoms with Crippen LogP contribution in [0.2, 0.25) is 0 Å². The predicted molar refractivity (Wildman–Crippen MR) is 107 cm³/mol. The smallest absolute Gasteiger partial charge is 0.424 e. The number of carbonyl (C=O) groups excluding carboxylic acids is 1. The lowest BCUT2D eigenvalue weighted by molar-refractivity contribution is 0.0605. The van der Waals surface area contributed by atoms with Gasteiger partial charge >= 0.3 is 6.09 Å². The van der Waals surface area contributed by atoms with E-state index in [1.165, 1.54) is 12.1 Å². The largest absolute Gasteiger partial charge is 0.442 e. The normalized spacial score (nSPS) is 22.1. The Morgan fingerprint density at radius 1 is 1.26 bits per heavy atom. The highest BCUT2D eigenvalue weighted by Crippen LogP contribution is 2.40. The summed E-state index contributed by atoms with van der Waals surface area (Å²) in [5.74, 6) is -0.102. The van der Waals surface area contributed by atoms with Crippen LogP contribution in [0.3, 0.4) is 0 Å². The molecule has 1 fully saturated rings. The van der Waals surface area contributed by atoms with Gasteiger partial charge in [-0.1, -0.05) is 64.1 Å². The van der Waals surface area contributed by atoms with Crippen LogP contribution in [0.15, 0.2) is 53.5 Å². The first-order chi connectivity index (χ1) is 12.4. The molecule has 3 atom stereocenters. The summed E-state index contributed by atoms with van der Waals surface area (Å²) in [7, 11) is -4.07. The highest BCUT2D eigenvalue weighted by atomic mass is 32.2. The van der Waals surface area contributed by atoms with Crippen molar-refractivity contribution >= 4 is 16.1 Å². The van der Waals surface area contributed by atoms with Crippen molar-refractivity contribution in [3.8, 4) is 0 Å². The minimum absolute atomic E-state index is 0.0658. The third-order valence-corrected chi connectivity index (χ3v) is 6.59. The summed E-state index contributed by atoms with van der Waals surface area (Å²) in [6.45, 7) is 15.6. The van der Waals surface area contributed by atoms with Gasteiger partial charge in [-0.3, -0.25) is 0 Å². The van der Waals surface area contributed by atoms with E-state index in [4.69, 9.17) is 4.74 Å². The number of hydrogen-bond donors (Lipinski definition) is 0. The van der Waals surface area contributed by atoms with Gasteiger partial charge in [0, 0.05) is 5.41 Å². The molecule has 0 aliphatic carbocycles. The minimum Gasteiger partial charge on any atom is -0.442 e. The van der Waals surface area contributed by atoms with E-state index in [-0.39, 0.29) is 10.8 Å². The molecule has 0 aromatic heterocycles. The number of amides is 1. The molecule has 6 heteroatoms. The Labute approximate surface area is 162 Å². The first-order valence-electron chi connectivity index (χ1n) is 9.04. The second kappa shape index (κ2) is 7.50. The average Bonchev–Trinajstić information content (AvgIpc) is 2.93. The van der Waals surface area contributed by atoms with Crippen LogP contribution >= 0.6 is 0 Å². The summed E-state index contributed by atoms with van der Waals surface area (Å²) in [6.07, 6.45) is 2.35. The van der Waals surface area contributed by atoms with Gasteiger partial charge in [0.05, 0.1) is 4.90 Å². The lowest BCUT2D eigenvalue weighted by Gasteiger charge is -2.34. The van der Waals surface area contributed by atoms with Crippen LogP contribution in [-0.4, -0.2) is 31.0 Å². The third kappa shape index (κ3) is 4.10. The fourth-order valence-corrected chi connectivity index (χ4v) is 4.70. The molecule has 1 heterocycles. The SMILES string of the molecule is C=C(C(C)/C=C/C)[C@H]1[C@H](C(C)(C)C)OC(=O)N1S(=O)(=O)c1ccc(C)cc1. The van der Waals surface area contributed by atoms with E-state index in [0.29, 0.717) is 5.57 Å². The minimum atomic E-state index is -4.07. The Kier molecular flexibility index (Phi) is 5.90. The van der Waals surface area contributed by atoms with E-state index in [2.05, 4.69) is 6.58 Å². The number of ether oxygens (including phenoxy) is 1. The van der Waals surface area contributed by atoms with Crippen LogP contribution in [0, 0.1) is 18.3 Å². The number of carbonyl (C=O) groups is 1. The lowest BCUT2D eigenvalue weighted by atomic mass is 9.80. The van der Waals surface area contributed by atoms with Crippen molar-refractivity contribution in [2.75, 3.05) is 0 Å². The van der Waals surface area contributed by atoms with E-state index < -0.39 is 33.7 Å². The molecule has 0 bridgehead atoms. The molecular weight excluding hydrogens is 362 g/mol. The molecule has 0 saturated carbocycles. The predicted octanol–water partition coefficient (Wildman–Crippen LogP) is 4.69. The Bertz CT molecular complexity index is 847. The van der Waals surface area contributed by atoms with Crippen LogP contribution in [0.5, 0.6) is 0 Å². The number of cyclic esters (lactones) is 1. The fraction of sp³-hybridized carbons (Fsp3) is 0.476. The molecule has 1 aliphatic heterocycles. The molecule has 5 nitrogen and oxygen atoms in total. The van der Waals surface area contributed by atoms with Crippen LogP contribution in [0.4, 0.5) is 4.79 Å². The van der Waals surface area contributed by atoms with E-state index >= 15 is 0 Å². The topological polar surface area (TPSA) is 63.7 Å². The average molecular weight is 392 g/mol. The van der Waals surface area contributed by atoms with Gasteiger partial charge in [-0.25, -0.2) is 13.2 Å². The van der Waals surface area contributed by atoms with Crippen molar-refractivity contribution in [2.24, 2.45) is 11.3 Å². The van der Waals surface area contributed by atoms with Crippen LogP contribution < -0.4 is 0 Å². The summed E-state index contributed by atoms with van der Waals surface area (Å²) in [6, 6.07) is 5.67. The number of rotatable bonds is 5. The van der Waals surface area contributed by atoms with Gasteiger partial charge in [0.1, 0.15) is 12.1 Å². The molecule has 1 amide bonds. The zero-order valence-corrected chi connectivity index (χ0v) is 17.7. The van der Waals surface area contributed by atoms with Gasteiger partial charge in [0.25, 0.3) is 10.0 Å². The molecule has 2 rings (SSSR count). The Morgan fingerprint density at radius 3 is 2.30 bits per heavy atom. The Hall–Kier alpha value is -2.08. The third-order valence-electron chi connectivity index (χ3n) is 4.82. The monoisotopic (exact) mass is 391 g/mol. The Balaban J connectivity index is 2.58. The standard InChI is InChI=1S/C21H29NO4S/c1-8-9-15(3)16(4)18-19(21(5,6)7)26-20(23)22(18)27(24,25)17-12-10-14(2)11-13-17/h8-13,15,18-19H,4H2,1-3,5-7H3/b9-8+/t15?,18-,19+/m0/s1. The molecule has 0 spiro atoms. The van der Waals surface area contributed by atoms with Gasteiger partial charge < -0.3 is 4.74 Å². The van der Waals surface area contributed by atoms with Crippen LogP contribution in [-0.2, 0) is 14.8 Å². The second-order valence-corrected chi connectivity index (χ2v) is 9.93. The van der Waals surface area contributed by atoms with Gasteiger partial charge in [0.15, 0.2) is 0 Å².